The van der Waals surface area contributed by atoms with Crippen LogP contribution < -0.4 is 16.4 Å². The van der Waals surface area contributed by atoms with Gasteiger partial charge >= 0.3 is 0 Å². The van der Waals surface area contributed by atoms with E-state index in [9.17, 15) is 9.18 Å². The molecule has 0 radical (unpaired) electrons. The second kappa shape index (κ2) is 7.68. The Morgan fingerprint density at radius 2 is 2.14 bits per heavy atom. The van der Waals surface area contributed by atoms with E-state index in [1.165, 1.54) is 20.3 Å². The molecule has 1 unspecified atom stereocenters. The van der Waals surface area contributed by atoms with Crippen LogP contribution in [0.5, 0.6) is 0 Å². The van der Waals surface area contributed by atoms with Crippen molar-refractivity contribution >= 4 is 24.1 Å². The van der Waals surface area contributed by atoms with Gasteiger partial charge in [0.05, 0.1) is 11.3 Å². The molecule has 0 aliphatic carbocycles. The number of hydrogen-bond acceptors (Lipinski definition) is 6. The first-order valence-electron chi connectivity index (χ1n) is 6.54. The van der Waals surface area contributed by atoms with Crippen LogP contribution in [0, 0.1) is 5.82 Å². The molecule has 0 spiro atoms. The van der Waals surface area contributed by atoms with Crippen LogP contribution in [-0.4, -0.2) is 44.2 Å². The molecule has 0 saturated carbocycles. The fourth-order valence-corrected chi connectivity index (χ4v) is 2.36. The Bertz CT molecular complexity index is 542. The average Bonchev–Trinajstić information content (AvgIpc) is 2.87. The Kier molecular flexibility index (Phi) is 6.48. The first kappa shape index (κ1) is 18.6. The number of methoxy groups -OCH3 is 2. The minimum absolute atomic E-state index is 0. The van der Waals surface area contributed by atoms with Crippen LogP contribution in [-0.2, 0) is 9.47 Å². The Labute approximate surface area is 134 Å². The molecule has 22 heavy (non-hydrogen) atoms. The third-order valence-corrected chi connectivity index (χ3v) is 3.42. The lowest BCUT2D eigenvalue weighted by Gasteiger charge is -2.21. The minimum atomic E-state index is -0.869. The van der Waals surface area contributed by atoms with Gasteiger partial charge in [-0.15, -0.1) is 12.4 Å². The van der Waals surface area contributed by atoms with Crippen LogP contribution in [0.2, 0.25) is 0 Å². The number of amides is 1. The zero-order chi connectivity index (χ0) is 15.6. The first-order chi connectivity index (χ1) is 9.97. The van der Waals surface area contributed by atoms with Gasteiger partial charge in [-0.05, 0) is 12.5 Å². The third-order valence-electron chi connectivity index (χ3n) is 3.42. The quantitative estimate of drug-likeness (QED) is 0.763. The molecule has 1 aliphatic heterocycles. The summed E-state index contributed by atoms with van der Waals surface area (Å²) in [7, 11) is 2.85. The smallest absolute Gasteiger partial charge is 0.251 e. The third kappa shape index (κ3) is 3.64. The van der Waals surface area contributed by atoms with Gasteiger partial charge in [0.25, 0.3) is 5.91 Å². The Balaban J connectivity index is 0.00000242. The Morgan fingerprint density at radius 1 is 1.50 bits per heavy atom. The maximum atomic E-state index is 14.4. The number of carbonyl (C=O) groups is 1. The first-order valence-corrected chi connectivity index (χ1v) is 6.54. The summed E-state index contributed by atoms with van der Waals surface area (Å²) < 4.78 is 24.6. The molecule has 0 aromatic carbocycles. The zero-order valence-electron chi connectivity index (χ0n) is 12.4. The van der Waals surface area contributed by atoms with Gasteiger partial charge in [0.2, 0.25) is 6.29 Å². The van der Waals surface area contributed by atoms with Crippen LogP contribution in [0.25, 0.3) is 0 Å². The molecular formula is C13H20ClFN4O3. The summed E-state index contributed by atoms with van der Waals surface area (Å²) in [5, 5.41) is 0. The number of ether oxygens (including phenoxy) is 2. The molecule has 124 valence electrons. The van der Waals surface area contributed by atoms with E-state index in [-0.39, 0.29) is 35.5 Å². The maximum Gasteiger partial charge on any atom is 0.251 e. The number of hydrogen-bond donors (Lipinski definition) is 2. The Morgan fingerprint density at radius 3 is 2.59 bits per heavy atom. The van der Waals surface area contributed by atoms with E-state index in [4.69, 9.17) is 20.9 Å². The molecule has 2 rings (SSSR count). The summed E-state index contributed by atoms with van der Waals surface area (Å²) in [6.07, 6.45) is -0.0753. The predicted molar refractivity (Wildman–Crippen MR) is 81.5 cm³/mol. The van der Waals surface area contributed by atoms with Crippen molar-refractivity contribution in [1.82, 2.24) is 4.98 Å². The number of nitrogens with two attached hydrogens (primary N) is 2. The van der Waals surface area contributed by atoms with Gasteiger partial charge in [0, 0.05) is 33.4 Å². The number of rotatable bonds is 5. The number of anilines is 1. The number of carbonyl (C=O) groups excluding carboxylic acids is 1. The molecule has 1 aromatic rings. The van der Waals surface area contributed by atoms with Gasteiger partial charge in [-0.1, -0.05) is 0 Å². The number of primary amides is 1. The monoisotopic (exact) mass is 334 g/mol. The normalized spacial score (nSPS) is 17.7. The molecule has 2 heterocycles. The lowest BCUT2D eigenvalue weighted by Crippen LogP contribution is -2.29. The van der Waals surface area contributed by atoms with Crippen molar-refractivity contribution in [2.24, 2.45) is 11.5 Å². The standard InChI is InChI=1S/C13H19FN4O3.ClH/c1-20-13(21-2)9-5-8(11(16)19)10(14)12(17-9)18-4-3-7(15)6-18;/h5,7,13H,3-4,6,15H2,1-2H3,(H2,16,19);1H. The molecule has 1 saturated heterocycles. The van der Waals surface area contributed by atoms with E-state index in [0.29, 0.717) is 13.1 Å². The van der Waals surface area contributed by atoms with Crippen molar-refractivity contribution in [1.29, 1.82) is 0 Å². The fraction of sp³-hybridized carbons (Fsp3) is 0.538. The van der Waals surface area contributed by atoms with Crippen LogP contribution in [0.1, 0.15) is 28.8 Å². The summed E-state index contributed by atoms with van der Waals surface area (Å²) in [6, 6.07) is 1.20. The lowest BCUT2D eigenvalue weighted by atomic mass is 10.2. The summed E-state index contributed by atoms with van der Waals surface area (Å²) in [5.74, 6) is -1.56. The van der Waals surface area contributed by atoms with E-state index in [0.717, 1.165) is 6.42 Å². The summed E-state index contributed by atoms with van der Waals surface area (Å²) in [5.41, 5.74) is 11.1. The lowest BCUT2D eigenvalue weighted by molar-refractivity contribution is -0.108. The SMILES string of the molecule is COC(OC)c1cc(C(N)=O)c(F)c(N2CCC(N)C2)n1.Cl. The van der Waals surface area contributed by atoms with Crippen LogP contribution in [0.4, 0.5) is 10.2 Å². The molecule has 1 aromatic heterocycles. The number of halogens is 2. The highest BCUT2D eigenvalue weighted by Crippen LogP contribution is 2.27. The van der Waals surface area contributed by atoms with E-state index >= 15 is 0 Å². The molecule has 1 fully saturated rings. The van der Waals surface area contributed by atoms with Gasteiger partial charge in [-0.2, -0.15) is 0 Å². The number of aromatic nitrogens is 1. The summed E-state index contributed by atoms with van der Waals surface area (Å²) in [4.78, 5) is 17.3. The van der Waals surface area contributed by atoms with Crippen molar-refractivity contribution in [3.63, 3.8) is 0 Å². The van der Waals surface area contributed by atoms with Crippen LogP contribution in [0.15, 0.2) is 6.07 Å². The van der Waals surface area contributed by atoms with Gasteiger partial charge in [-0.25, -0.2) is 9.37 Å². The van der Waals surface area contributed by atoms with Gasteiger partial charge in [0.15, 0.2) is 11.6 Å². The molecule has 4 N–H and O–H groups in total. The van der Waals surface area contributed by atoms with Crippen molar-refractivity contribution in [2.45, 2.75) is 18.8 Å². The molecule has 0 bridgehead atoms. The Hall–Kier alpha value is -1.48. The molecule has 1 aliphatic rings. The molecule has 9 heteroatoms. The van der Waals surface area contributed by atoms with Gasteiger partial charge in [-0.3, -0.25) is 4.79 Å². The van der Waals surface area contributed by atoms with E-state index in [1.54, 1.807) is 4.90 Å². The highest BCUT2D eigenvalue weighted by molar-refractivity contribution is 5.94. The summed E-state index contributed by atoms with van der Waals surface area (Å²) >= 11 is 0. The van der Waals surface area contributed by atoms with Crippen molar-refractivity contribution in [3.05, 3.63) is 23.1 Å². The van der Waals surface area contributed by atoms with Gasteiger partial charge < -0.3 is 25.8 Å². The highest BCUT2D eigenvalue weighted by atomic mass is 35.5. The number of nitrogens with zero attached hydrogens (tertiary/aromatic N) is 2. The second-order valence-corrected chi connectivity index (χ2v) is 4.89. The van der Waals surface area contributed by atoms with Crippen LogP contribution >= 0.6 is 12.4 Å². The van der Waals surface area contributed by atoms with E-state index in [2.05, 4.69) is 4.98 Å². The van der Waals surface area contributed by atoms with E-state index in [1.807, 2.05) is 0 Å². The predicted octanol–water partition coefficient (Wildman–Crippen LogP) is 0.570. The second-order valence-electron chi connectivity index (χ2n) is 4.89. The average molecular weight is 335 g/mol. The van der Waals surface area contributed by atoms with E-state index < -0.39 is 18.0 Å². The maximum absolute atomic E-state index is 14.4. The molecule has 1 atom stereocenters. The zero-order valence-corrected chi connectivity index (χ0v) is 13.2. The van der Waals surface area contributed by atoms with Crippen molar-refractivity contribution < 1.29 is 18.7 Å². The molecule has 1 amide bonds. The minimum Gasteiger partial charge on any atom is -0.366 e. The molecule has 7 nitrogen and oxygen atoms in total. The molecular weight excluding hydrogens is 315 g/mol. The highest BCUT2D eigenvalue weighted by Gasteiger charge is 2.27. The number of pyridine rings is 1. The largest absolute Gasteiger partial charge is 0.366 e. The van der Waals surface area contributed by atoms with Gasteiger partial charge in [0.1, 0.15) is 0 Å². The van der Waals surface area contributed by atoms with Crippen molar-refractivity contribution in [3.8, 4) is 0 Å². The van der Waals surface area contributed by atoms with Crippen molar-refractivity contribution in [2.75, 3.05) is 32.2 Å². The summed E-state index contributed by atoms with van der Waals surface area (Å²) in [6.45, 7) is 1.04. The van der Waals surface area contributed by atoms with Crippen LogP contribution in [0.3, 0.4) is 0 Å². The fourth-order valence-electron chi connectivity index (χ4n) is 2.36. The topological polar surface area (TPSA) is 104 Å².